The molecule has 2 fully saturated rings. The summed E-state index contributed by atoms with van der Waals surface area (Å²) in [6.07, 6.45) is 3.34. The molecular formula is C13H29Cl3N4O. The molecule has 0 saturated carbocycles. The Morgan fingerprint density at radius 1 is 1.19 bits per heavy atom. The summed E-state index contributed by atoms with van der Waals surface area (Å²) in [5.74, 6) is 0.177. The van der Waals surface area contributed by atoms with E-state index >= 15 is 0 Å². The van der Waals surface area contributed by atoms with Crippen molar-refractivity contribution in [1.29, 1.82) is 0 Å². The predicted octanol–water partition coefficient (Wildman–Crippen LogP) is 0.756. The van der Waals surface area contributed by atoms with Gasteiger partial charge in [0.05, 0.1) is 6.04 Å². The van der Waals surface area contributed by atoms with Crippen molar-refractivity contribution in [3.8, 4) is 0 Å². The van der Waals surface area contributed by atoms with Gasteiger partial charge in [-0.15, -0.1) is 37.2 Å². The Morgan fingerprint density at radius 3 is 2.52 bits per heavy atom. The van der Waals surface area contributed by atoms with Crippen LogP contribution in [0.3, 0.4) is 0 Å². The van der Waals surface area contributed by atoms with E-state index in [1.807, 2.05) is 0 Å². The molecule has 2 heterocycles. The first-order chi connectivity index (χ1) is 8.66. The number of hydrogen-bond donors (Lipinski definition) is 2. The summed E-state index contributed by atoms with van der Waals surface area (Å²) < 4.78 is 0. The molecule has 2 aliphatic rings. The highest BCUT2D eigenvalue weighted by Crippen LogP contribution is 2.08. The third-order valence-corrected chi connectivity index (χ3v) is 4.12. The van der Waals surface area contributed by atoms with Gasteiger partial charge in [0.25, 0.3) is 0 Å². The number of carbonyl (C=O) groups excluding carboxylic acids is 1. The van der Waals surface area contributed by atoms with Gasteiger partial charge in [-0.25, -0.2) is 0 Å². The van der Waals surface area contributed by atoms with E-state index in [0.29, 0.717) is 6.04 Å². The second kappa shape index (κ2) is 11.7. The number of piperazine rings is 1. The summed E-state index contributed by atoms with van der Waals surface area (Å²) >= 11 is 0. The number of halogens is 3. The molecule has 0 aromatic heterocycles. The number of amides is 1. The van der Waals surface area contributed by atoms with Gasteiger partial charge in [-0.2, -0.15) is 0 Å². The van der Waals surface area contributed by atoms with Gasteiger partial charge in [-0.3, -0.25) is 9.69 Å². The molecule has 2 rings (SSSR count). The molecule has 1 amide bonds. The maximum Gasteiger partial charge on any atom is 0.237 e. The molecule has 0 aliphatic carbocycles. The molecule has 8 heteroatoms. The Balaban J connectivity index is 0. The van der Waals surface area contributed by atoms with E-state index in [0.717, 1.165) is 45.6 Å². The highest BCUT2D eigenvalue weighted by Gasteiger charge is 2.25. The normalized spacial score (nSPS) is 26.8. The summed E-state index contributed by atoms with van der Waals surface area (Å²) in [5.41, 5.74) is 0. The fraction of sp³-hybridized carbons (Fsp3) is 0.923. The number of nitrogens with zero attached hydrogens (tertiary/aromatic N) is 2. The molecule has 0 spiro atoms. The first kappa shape index (κ1) is 23.5. The second-order valence-corrected chi connectivity index (χ2v) is 5.64. The molecule has 5 nitrogen and oxygen atoms in total. The lowest BCUT2D eigenvalue weighted by Crippen LogP contribution is -2.56. The molecule has 21 heavy (non-hydrogen) atoms. The fourth-order valence-electron chi connectivity index (χ4n) is 2.74. The van der Waals surface area contributed by atoms with Crippen LogP contribution in [0.25, 0.3) is 0 Å². The van der Waals surface area contributed by atoms with Crippen LogP contribution in [0.1, 0.15) is 19.3 Å². The Labute approximate surface area is 146 Å². The maximum atomic E-state index is 12.0. The van der Waals surface area contributed by atoms with Gasteiger partial charge >= 0.3 is 0 Å². The number of rotatable bonds is 3. The van der Waals surface area contributed by atoms with Crippen molar-refractivity contribution in [2.75, 3.05) is 46.8 Å². The first-order valence-corrected chi connectivity index (χ1v) is 7.06. The number of nitrogens with one attached hydrogen (secondary N) is 2. The summed E-state index contributed by atoms with van der Waals surface area (Å²) in [6.45, 7) is 4.97. The molecule has 0 aromatic rings. The molecule has 0 radical (unpaired) electrons. The van der Waals surface area contributed by atoms with Gasteiger partial charge in [0.2, 0.25) is 5.91 Å². The SMILES string of the molecule is CN1CCN(C)C(CNC(=O)C2CCCCN2)C1.Cl.Cl.Cl. The number of hydrogen-bond acceptors (Lipinski definition) is 4. The molecule has 128 valence electrons. The third kappa shape index (κ3) is 7.35. The highest BCUT2D eigenvalue weighted by atomic mass is 35.5. The number of carbonyl (C=O) groups is 1. The van der Waals surface area contributed by atoms with Gasteiger partial charge in [0.1, 0.15) is 0 Å². The van der Waals surface area contributed by atoms with E-state index in [9.17, 15) is 4.79 Å². The van der Waals surface area contributed by atoms with E-state index in [-0.39, 0.29) is 49.2 Å². The highest BCUT2D eigenvalue weighted by molar-refractivity contribution is 5.86. The fourth-order valence-corrected chi connectivity index (χ4v) is 2.74. The van der Waals surface area contributed by atoms with E-state index < -0.39 is 0 Å². The minimum absolute atomic E-state index is 0. The molecular weight excluding hydrogens is 335 g/mol. The van der Waals surface area contributed by atoms with Gasteiger partial charge in [-0.1, -0.05) is 6.42 Å². The van der Waals surface area contributed by atoms with Crippen molar-refractivity contribution in [2.24, 2.45) is 0 Å². The van der Waals surface area contributed by atoms with Gasteiger partial charge in [-0.05, 0) is 33.5 Å². The lowest BCUT2D eigenvalue weighted by atomic mass is 10.0. The largest absolute Gasteiger partial charge is 0.353 e. The molecule has 2 saturated heterocycles. The summed E-state index contributed by atoms with van der Waals surface area (Å²) in [4.78, 5) is 16.7. The van der Waals surface area contributed by atoms with Crippen molar-refractivity contribution in [1.82, 2.24) is 20.4 Å². The van der Waals surface area contributed by atoms with Crippen LogP contribution in [0.2, 0.25) is 0 Å². The summed E-state index contributed by atoms with van der Waals surface area (Å²) in [5, 5.41) is 6.39. The van der Waals surface area contributed by atoms with Crippen LogP contribution in [-0.2, 0) is 4.79 Å². The Hall–Kier alpha value is 0.220. The minimum atomic E-state index is 0. The number of likely N-dealkylation sites (N-methyl/N-ethyl adjacent to an activating group) is 2. The van der Waals surface area contributed by atoms with Crippen LogP contribution in [0.15, 0.2) is 0 Å². The molecule has 2 aliphatic heterocycles. The average Bonchev–Trinajstić information content (AvgIpc) is 2.40. The van der Waals surface area contributed by atoms with Gasteiger partial charge in [0, 0.05) is 32.2 Å². The minimum Gasteiger partial charge on any atom is -0.353 e. The molecule has 2 unspecified atom stereocenters. The Kier molecular flexibility index (Phi) is 13.1. The Bertz CT molecular complexity index is 291. The standard InChI is InChI=1S/C13H26N4O.3ClH/c1-16-7-8-17(2)11(10-16)9-15-13(18)12-5-3-4-6-14-12;;;/h11-12,14H,3-10H2,1-2H3,(H,15,18);3*1H. The monoisotopic (exact) mass is 362 g/mol. The lowest BCUT2D eigenvalue weighted by molar-refractivity contribution is -0.124. The van der Waals surface area contributed by atoms with Crippen molar-refractivity contribution in [3.63, 3.8) is 0 Å². The van der Waals surface area contributed by atoms with Crippen molar-refractivity contribution >= 4 is 43.1 Å². The lowest BCUT2D eigenvalue weighted by Gasteiger charge is -2.38. The van der Waals surface area contributed by atoms with Crippen LogP contribution >= 0.6 is 37.2 Å². The van der Waals surface area contributed by atoms with Crippen molar-refractivity contribution < 1.29 is 4.79 Å². The van der Waals surface area contributed by atoms with Crippen LogP contribution in [0, 0.1) is 0 Å². The van der Waals surface area contributed by atoms with Crippen LogP contribution in [0.4, 0.5) is 0 Å². The van der Waals surface area contributed by atoms with Crippen molar-refractivity contribution in [3.05, 3.63) is 0 Å². The van der Waals surface area contributed by atoms with Crippen LogP contribution in [0.5, 0.6) is 0 Å². The third-order valence-electron chi connectivity index (χ3n) is 4.12. The predicted molar refractivity (Wildman–Crippen MR) is 94.3 cm³/mol. The Morgan fingerprint density at radius 2 is 1.90 bits per heavy atom. The smallest absolute Gasteiger partial charge is 0.237 e. The maximum absolute atomic E-state index is 12.0. The molecule has 0 aromatic carbocycles. The zero-order chi connectivity index (χ0) is 13.0. The molecule has 0 bridgehead atoms. The van der Waals surface area contributed by atoms with Gasteiger partial charge < -0.3 is 15.5 Å². The second-order valence-electron chi connectivity index (χ2n) is 5.64. The average molecular weight is 364 g/mol. The first-order valence-electron chi connectivity index (χ1n) is 7.06. The zero-order valence-electron chi connectivity index (χ0n) is 12.8. The number of piperidine rings is 1. The topological polar surface area (TPSA) is 47.6 Å². The van der Waals surface area contributed by atoms with Crippen LogP contribution < -0.4 is 10.6 Å². The van der Waals surface area contributed by atoms with Crippen molar-refractivity contribution in [2.45, 2.75) is 31.3 Å². The van der Waals surface area contributed by atoms with E-state index in [2.05, 4.69) is 34.5 Å². The zero-order valence-corrected chi connectivity index (χ0v) is 15.3. The molecule has 2 atom stereocenters. The summed E-state index contributed by atoms with van der Waals surface area (Å²) in [6, 6.07) is 0.474. The van der Waals surface area contributed by atoms with E-state index in [1.165, 1.54) is 6.42 Å². The molecule has 2 N–H and O–H groups in total. The van der Waals surface area contributed by atoms with Gasteiger partial charge in [0.15, 0.2) is 0 Å². The van der Waals surface area contributed by atoms with E-state index in [4.69, 9.17) is 0 Å². The van der Waals surface area contributed by atoms with Crippen LogP contribution in [-0.4, -0.2) is 74.6 Å². The quantitative estimate of drug-likeness (QED) is 0.777. The van der Waals surface area contributed by atoms with E-state index in [1.54, 1.807) is 0 Å². The summed E-state index contributed by atoms with van der Waals surface area (Å²) in [7, 11) is 4.28.